The summed E-state index contributed by atoms with van der Waals surface area (Å²) >= 11 is 6.21. The topological polar surface area (TPSA) is 59.0 Å². The molecule has 0 saturated carbocycles. The van der Waals surface area contributed by atoms with Crippen molar-refractivity contribution in [2.45, 2.75) is 26.8 Å². The van der Waals surface area contributed by atoms with Gasteiger partial charge in [0.2, 0.25) is 0 Å². The molecule has 2 aromatic rings. The predicted molar refractivity (Wildman–Crippen MR) is 84.8 cm³/mol. The Balaban J connectivity index is 2.35. The number of benzene rings is 2. The predicted octanol–water partition coefficient (Wildman–Crippen LogP) is 4.64. The normalized spacial score (nSPS) is 11.8. The molecular weight excluding hydrogens is 284 g/mol. The molecule has 2 N–H and O–H groups in total. The van der Waals surface area contributed by atoms with E-state index in [4.69, 9.17) is 27.3 Å². The Morgan fingerprint density at radius 2 is 1.81 bits per heavy atom. The fourth-order valence-electron chi connectivity index (χ4n) is 2.23. The molecule has 3 nitrogen and oxygen atoms in total. The van der Waals surface area contributed by atoms with Crippen LogP contribution in [0.2, 0.25) is 5.02 Å². The van der Waals surface area contributed by atoms with Crippen molar-refractivity contribution in [2.75, 3.05) is 0 Å². The van der Waals surface area contributed by atoms with Crippen LogP contribution >= 0.6 is 11.6 Å². The molecule has 0 aromatic heterocycles. The summed E-state index contributed by atoms with van der Waals surface area (Å²) in [5.41, 5.74) is 9.19. The van der Waals surface area contributed by atoms with Crippen LogP contribution in [0.5, 0.6) is 11.5 Å². The lowest BCUT2D eigenvalue weighted by atomic mass is 10.1. The van der Waals surface area contributed by atoms with Crippen molar-refractivity contribution >= 4 is 11.6 Å². The van der Waals surface area contributed by atoms with Crippen molar-refractivity contribution in [3.8, 4) is 17.6 Å². The van der Waals surface area contributed by atoms with E-state index >= 15 is 0 Å². The van der Waals surface area contributed by atoms with Gasteiger partial charge in [0.1, 0.15) is 11.5 Å². The van der Waals surface area contributed by atoms with Crippen LogP contribution in [0.15, 0.2) is 30.3 Å². The molecular formula is C17H17ClN2O. The molecule has 1 atom stereocenters. The fraction of sp³-hybridized carbons (Fsp3) is 0.235. The number of hydrogen-bond donors (Lipinski definition) is 1. The smallest absolute Gasteiger partial charge is 0.133 e. The van der Waals surface area contributed by atoms with E-state index in [0.29, 0.717) is 16.3 Å². The van der Waals surface area contributed by atoms with Gasteiger partial charge >= 0.3 is 0 Å². The van der Waals surface area contributed by atoms with Gasteiger partial charge < -0.3 is 10.5 Å². The molecule has 2 rings (SSSR count). The molecule has 0 aliphatic carbocycles. The molecule has 21 heavy (non-hydrogen) atoms. The van der Waals surface area contributed by atoms with Gasteiger partial charge in [0.15, 0.2) is 0 Å². The van der Waals surface area contributed by atoms with E-state index in [1.165, 1.54) is 0 Å². The van der Waals surface area contributed by atoms with Gasteiger partial charge in [0, 0.05) is 11.1 Å². The first kappa shape index (κ1) is 15.4. The third-order valence-electron chi connectivity index (χ3n) is 3.27. The van der Waals surface area contributed by atoms with Crippen LogP contribution in [-0.2, 0) is 0 Å². The molecule has 2 aromatic carbocycles. The maximum atomic E-state index is 8.97. The van der Waals surface area contributed by atoms with Crippen molar-refractivity contribution in [3.63, 3.8) is 0 Å². The van der Waals surface area contributed by atoms with Crippen molar-refractivity contribution in [3.05, 3.63) is 57.6 Å². The summed E-state index contributed by atoms with van der Waals surface area (Å²) in [5.74, 6) is 1.40. The van der Waals surface area contributed by atoms with E-state index in [-0.39, 0.29) is 6.04 Å². The van der Waals surface area contributed by atoms with Gasteiger partial charge in [-0.3, -0.25) is 0 Å². The molecule has 108 valence electrons. The average molecular weight is 301 g/mol. The number of rotatable bonds is 3. The van der Waals surface area contributed by atoms with Crippen LogP contribution in [0, 0.1) is 25.2 Å². The lowest BCUT2D eigenvalue weighted by Gasteiger charge is -2.14. The highest BCUT2D eigenvalue weighted by molar-refractivity contribution is 6.31. The largest absolute Gasteiger partial charge is 0.457 e. The van der Waals surface area contributed by atoms with E-state index in [1.807, 2.05) is 32.9 Å². The third-order valence-corrected chi connectivity index (χ3v) is 3.60. The summed E-state index contributed by atoms with van der Waals surface area (Å²) in [6, 6.07) is 11.1. The summed E-state index contributed by atoms with van der Waals surface area (Å²) in [5, 5.41) is 9.56. The molecule has 0 saturated heterocycles. The van der Waals surface area contributed by atoms with Crippen molar-refractivity contribution in [1.29, 1.82) is 5.26 Å². The van der Waals surface area contributed by atoms with Gasteiger partial charge in [-0.25, -0.2) is 0 Å². The van der Waals surface area contributed by atoms with Gasteiger partial charge in [0.05, 0.1) is 11.6 Å². The van der Waals surface area contributed by atoms with E-state index in [0.717, 1.165) is 22.4 Å². The molecule has 0 amide bonds. The molecule has 0 spiro atoms. The minimum atomic E-state index is -0.120. The molecule has 0 aliphatic rings. The van der Waals surface area contributed by atoms with E-state index in [9.17, 15) is 0 Å². The van der Waals surface area contributed by atoms with Gasteiger partial charge in [-0.2, -0.15) is 5.26 Å². The van der Waals surface area contributed by atoms with Crippen LogP contribution < -0.4 is 10.5 Å². The Morgan fingerprint density at radius 3 is 2.29 bits per heavy atom. The summed E-state index contributed by atoms with van der Waals surface area (Å²) in [7, 11) is 0. The minimum absolute atomic E-state index is 0.120. The highest BCUT2D eigenvalue weighted by atomic mass is 35.5. The fourth-order valence-corrected chi connectivity index (χ4v) is 2.58. The Bertz CT molecular complexity index is 694. The van der Waals surface area contributed by atoms with Crippen LogP contribution in [0.25, 0.3) is 0 Å². The average Bonchev–Trinajstić information content (AvgIpc) is 2.42. The highest BCUT2D eigenvalue weighted by Crippen LogP contribution is 2.33. The number of ether oxygens (including phenoxy) is 1. The number of nitrogens with zero attached hydrogens (tertiary/aromatic N) is 1. The molecule has 4 heteroatoms. The zero-order valence-electron chi connectivity index (χ0n) is 12.3. The SMILES string of the molecule is Cc1cc(C#N)cc(C)c1Oc1ccc(C(C)N)c(Cl)c1. The Morgan fingerprint density at radius 1 is 1.19 bits per heavy atom. The Hall–Kier alpha value is -2.02. The van der Waals surface area contributed by atoms with Crippen LogP contribution in [0.3, 0.4) is 0 Å². The lowest BCUT2D eigenvalue weighted by Crippen LogP contribution is -2.05. The third kappa shape index (κ3) is 3.36. The van der Waals surface area contributed by atoms with Crippen molar-refractivity contribution in [2.24, 2.45) is 5.73 Å². The van der Waals surface area contributed by atoms with Gasteiger partial charge in [-0.1, -0.05) is 17.7 Å². The first-order chi connectivity index (χ1) is 9.92. The van der Waals surface area contributed by atoms with Crippen molar-refractivity contribution in [1.82, 2.24) is 0 Å². The molecule has 0 heterocycles. The standard InChI is InChI=1S/C17H17ClN2O/c1-10-6-13(9-19)7-11(2)17(10)21-14-4-5-15(12(3)20)16(18)8-14/h4-8,12H,20H2,1-3H3. The summed E-state index contributed by atoms with van der Waals surface area (Å²) in [6.45, 7) is 5.72. The van der Waals surface area contributed by atoms with E-state index < -0.39 is 0 Å². The highest BCUT2D eigenvalue weighted by Gasteiger charge is 2.10. The summed E-state index contributed by atoms with van der Waals surface area (Å²) < 4.78 is 5.92. The molecule has 0 radical (unpaired) electrons. The first-order valence-corrected chi connectivity index (χ1v) is 7.04. The number of aryl methyl sites for hydroxylation is 2. The molecule has 0 bridgehead atoms. The number of nitrogens with two attached hydrogens (primary N) is 1. The quantitative estimate of drug-likeness (QED) is 0.898. The van der Waals surface area contributed by atoms with E-state index in [1.54, 1.807) is 18.2 Å². The second-order valence-electron chi connectivity index (χ2n) is 5.13. The summed E-state index contributed by atoms with van der Waals surface area (Å²) in [6.07, 6.45) is 0. The zero-order valence-corrected chi connectivity index (χ0v) is 13.0. The van der Waals surface area contributed by atoms with Gasteiger partial charge in [-0.05, 0) is 61.7 Å². The lowest BCUT2D eigenvalue weighted by molar-refractivity contribution is 0.474. The molecule has 1 unspecified atom stereocenters. The monoisotopic (exact) mass is 300 g/mol. The van der Waals surface area contributed by atoms with Crippen LogP contribution in [0.1, 0.15) is 35.2 Å². The zero-order chi connectivity index (χ0) is 15.6. The molecule has 0 aliphatic heterocycles. The molecule has 0 fully saturated rings. The Labute approximate surface area is 129 Å². The number of nitriles is 1. The van der Waals surface area contributed by atoms with Crippen LogP contribution in [0.4, 0.5) is 0 Å². The van der Waals surface area contributed by atoms with Crippen LogP contribution in [-0.4, -0.2) is 0 Å². The summed E-state index contributed by atoms with van der Waals surface area (Å²) in [4.78, 5) is 0. The second kappa shape index (κ2) is 6.17. The second-order valence-corrected chi connectivity index (χ2v) is 5.53. The van der Waals surface area contributed by atoms with Gasteiger partial charge in [0.25, 0.3) is 0 Å². The maximum absolute atomic E-state index is 8.97. The number of halogens is 1. The van der Waals surface area contributed by atoms with E-state index in [2.05, 4.69) is 6.07 Å². The van der Waals surface area contributed by atoms with Crippen molar-refractivity contribution < 1.29 is 4.74 Å². The number of hydrogen-bond acceptors (Lipinski definition) is 3. The first-order valence-electron chi connectivity index (χ1n) is 6.66. The Kier molecular flexibility index (Phi) is 4.52. The van der Waals surface area contributed by atoms with Gasteiger partial charge in [-0.15, -0.1) is 0 Å². The maximum Gasteiger partial charge on any atom is 0.133 e. The minimum Gasteiger partial charge on any atom is -0.457 e.